The molecule has 2 aromatic rings. The molecule has 2 heterocycles. The van der Waals surface area contributed by atoms with Crippen molar-refractivity contribution in [3.05, 3.63) is 52.1 Å². The Bertz CT molecular complexity index is 1070. The van der Waals surface area contributed by atoms with Gasteiger partial charge in [-0.2, -0.15) is 4.31 Å². The molecule has 0 aliphatic carbocycles. The number of nitrogens with zero attached hydrogens (tertiary/aromatic N) is 2. The summed E-state index contributed by atoms with van der Waals surface area (Å²) in [7, 11) is -3.67. The Balaban J connectivity index is 1.62. The molecule has 166 valence electrons. The Morgan fingerprint density at radius 1 is 1.19 bits per heavy atom. The molecule has 0 saturated carbocycles. The van der Waals surface area contributed by atoms with Gasteiger partial charge < -0.3 is 14.8 Å². The minimum atomic E-state index is -3.67. The van der Waals surface area contributed by atoms with Crippen LogP contribution in [0.4, 0.5) is 5.82 Å². The van der Waals surface area contributed by atoms with Crippen molar-refractivity contribution in [3.8, 4) is 0 Å². The van der Waals surface area contributed by atoms with E-state index in [1.807, 2.05) is 0 Å². The predicted molar refractivity (Wildman–Crippen MR) is 114 cm³/mol. The number of hydrogen-bond donors (Lipinski definition) is 1. The molecule has 1 aliphatic rings. The smallest absolute Gasteiger partial charge is 0.338 e. The number of hydrogen-bond acceptors (Lipinski definition) is 7. The number of amides is 1. The zero-order valence-electron chi connectivity index (χ0n) is 16.4. The Kier molecular flexibility index (Phi) is 7.50. The largest absolute Gasteiger partial charge is 0.449 e. The highest BCUT2D eigenvalue weighted by Gasteiger charge is 2.27. The first kappa shape index (κ1) is 23.4. The Morgan fingerprint density at radius 3 is 2.45 bits per heavy atom. The van der Waals surface area contributed by atoms with E-state index < -0.39 is 28.0 Å². The maximum atomic E-state index is 12.6. The number of sulfonamides is 1. The Hall–Kier alpha value is -2.24. The average molecular weight is 488 g/mol. The Labute approximate surface area is 189 Å². The van der Waals surface area contributed by atoms with Gasteiger partial charge in [0.05, 0.1) is 33.7 Å². The highest BCUT2D eigenvalue weighted by atomic mass is 35.5. The standard InChI is InChI=1S/C19H19Cl2N3O6S/c1-12(18(25)23-17-16(21)10-14(20)11-22-17)30-19(26)13-2-4-15(5-3-13)31(27,28)24-6-8-29-9-7-24/h2-5,10-12H,6-9H2,1H3,(H,22,23,25). The van der Waals surface area contributed by atoms with Crippen molar-refractivity contribution in [2.75, 3.05) is 31.6 Å². The molecule has 1 N–H and O–H groups in total. The van der Waals surface area contributed by atoms with Crippen LogP contribution in [0.5, 0.6) is 0 Å². The van der Waals surface area contributed by atoms with Gasteiger partial charge in [-0.1, -0.05) is 23.2 Å². The van der Waals surface area contributed by atoms with E-state index >= 15 is 0 Å². The van der Waals surface area contributed by atoms with Crippen molar-refractivity contribution >= 4 is 50.9 Å². The van der Waals surface area contributed by atoms with Gasteiger partial charge in [-0.25, -0.2) is 18.2 Å². The predicted octanol–water partition coefficient (Wildman–Crippen LogP) is 2.59. The van der Waals surface area contributed by atoms with Crippen molar-refractivity contribution in [1.29, 1.82) is 0 Å². The molecule has 3 rings (SSSR count). The lowest BCUT2D eigenvalue weighted by atomic mass is 10.2. The normalized spacial score (nSPS) is 15.8. The summed E-state index contributed by atoms with van der Waals surface area (Å²) in [5, 5.41) is 2.89. The fourth-order valence-corrected chi connectivity index (χ4v) is 4.54. The van der Waals surface area contributed by atoms with E-state index in [-0.39, 0.29) is 34.4 Å². The van der Waals surface area contributed by atoms with Crippen molar-refractivity contribution < 1.29 is 27.5 Å². The second-order valence-electron chi connectivity index (χ2n) is 6.56. The molecular formula is C19H19Cl2N3O6S. The minimum Gasteiger partial charge on any atom is -0.449 e. The van der Waals surface area contributed by atoms with Crippen LogP contribution in [0.1, 0.15) is 17.3 Å². The molecule has 31 heavy (non-hydrogen) atoms. The van der Waals surface area contributed by atoms with Gasteiger partial charge in [-0.3, -0.25) is 4.79 Å². The van der Waals surface area contributed by atoms with Crippen LogP contribution < -0.4 is 5.32 Å². The summed E-state index contributed by atoms with van der Waals surface area (Å²) in [4.78, 5) is 28.6. The molecule has 12 heteroatoms. The van der Waals surface area contributed by atoms with Crippen LogP contribution in [0, 0.1) is 0 Å². The monoisotopic (exact) mass is 487 g/mol. The van der Waals surface area contributed by atoms with E-state index in [0.717, 1.165) is 0 Å². The minimum absolute atomic E-state index is 0.0557. The number of nitrogens with one attached hydrogen (secondary N) is 1. The molecule has 1 atom stereocenters. The number of carbonyl (C=O) groups is 2. The number of morpholine rings is 1. The number of pyridine rings is 1. The first-order chi connectivity index (χ1) is 14.7. The van der Waals surface area contributed by atoms with Crippen LogP contribution in [0.3, 0.4) is 0 Å². The van der Waals surface area contributed by atoms with Crippen LogP contribution >= 0.6 is 23.2 Å². The first-order valence-corrected chi connectivity index (χ1v) is 11.4. The maximum absolute atomic E-state index is 12.6. The van der Waals surface area contributed by atoms with Gasteiger partial charge in [0.25, 0.3) is 5.91 Å². The number of ether oxygens (including phenoxy) is 2. The first-order valence-electron chi connectivity index (χ1n) is 9.19. The van der Waals surface area contributed by atoms with E-state index in [1.54, 1.807) is 0 Å². The van der Waals surface area contributed by atoms with Gasteiger partial charge in [-0.15, -0.1) is 0 Å². The summed E-state index contributed by atoms with van der Waals surface area (Å²) in [5.74, 6) is -1.35. The maximum Gasteiger partial charge on any atom is 0.338 e. The molecule has 1 fully saturated rings. The summed E-state index contributed by atoms with van der Waals surface area (Å²) in [6.07, 6.45) is 0.157. The summed E-state index contributed by atoms with van der Waals surface area (Å²) >= 11 is 11.7. The van der Waals surface area contributed by atoms with Crippen LogP contribution in [0.15, 0.2) is 41.4 Å². The summed E-state index contributed by atoms with van der Waals surface area (Å²) in [6.45, 7) is 2.59. The van der Waals surface area contributed by atoms with Crippen molar-refractivity contribution in [2.45, 2.75) is 17.9 Å². The Morgan fingerprint density at radius 2 is 1.84 bits per heavy atom. The molecule has 0 spiro atoms. The van der Waals surface area contributed by atoms with Gasteiger partial charge in [0.1, 0.15) is 0 Å². The lowest BCUT2D eigenvalue weighted by Crippen LogP contribution is -2.40. The zero-order valence-corrected chi connectivity index (χ0v) is 18.7. The number of benzene rings is 1. The van der Waals surface area contributed by atoms with Gasteiger partial charge in [0.15, 0.2) is 11.9 Å². The second-order valence-corrected chi connectivity index (χ2v) is 9.34. The third-order valence-corrected chi connectivity index (χ3v) is 6.81. The van der Waals surface area contributed by atoms with Gasteiger partial charge in [0.2, 0.25) is 10.0 Å². The molecule has 1 amide bonds. The fourth-order valence-electron chi connectivity index (χ4n) is 2.71. The molecular weight excluding hydrogens is 469 g/mol. The highest BCUT2D eigenvalue weighted by molar-refractivity contribution is 7.89. The molecule has 9 nitrogen and oxygen atoms in total. The number of carbonyl (C=O) groups excluding carboxylic acids is 2. The summed E-state index contributed by atoms with van der Waals surface area (Å²) < 4.78 is 36.9. The summed E-state index contributed by atoms with van der Waals surface area (Å²) in [5.41, 5.74) is 0.100. The van der Waals surface area contributed by atoms with Gasteiger partial charge in [0, 0.05) is 19.3 Å². The van der Waals surface area contributed by atoms with Crippen LogP contribution in [-0.2, 0) is 24.3 Å². The second kappa shape index (κ2) is 9.92. The van der Waals surface area contributed by atoms with E-state index in [0.29, 0.717) is 18.2 Å². The lowest BCUT2D eigenvalue weighted by molar-refractivity contribution is -0.123. The van der Waals surface area contributed by atoms with Crippen LogP contribution in [-0.4, -0.2) is 62.0 Å². The number of rotatable bonds is 6. The molecule has 0 radical (unpaired) electrons. The van der Waals surface area contributed by atoms with Crippen molar-refractivity contribution in [3.63, 3.8) is 0 Å². The zero-order chi connectivity index (χ0) is 22.6. The molecule has 1 saturated heterocycles. The highest BCUT2D eigenvalue weighted by Crippen LogP contribution is 2.23. The van der Waals surface area contributed by atoms with E-state index in [9.17, 15) is 18.0 Å². The SMILES string of the molecule is CC(OC(=O)c1ccc(S(=O)(=O)N2CCOCC2)cc1)C(=O)Nc1ncc(Cl)cc1Cl. The number of anilines is 1. The van der Waals surface area contributed by atoms with E-state index in [2.05, 4.69) is 10.3 Å². The lowest BCUT2D eigenvalue weighted by Gasteiger charge is -2.26. The summed E-state index contributed by atoms with van der Waals surface area (Å²) in [6, 6.07) is 6.72. The van der Waals surface area contributed by atoms with E-state index in [1.165, 1.54) is 47.8 Å². The topological polar surface area (TPSA) is 115 Å². The van der Waals surface area contributed by atoms with Crippen molar-refractivity contribution in [2.24, 2.45) is 0 Å². The number of halogens is 2. The van der Waals surface area contributed by atoms with Gasteiger partial charge >= 0.3 is 5.97 Å². The van der Waals surface area contributed by atoms with Gasteiger partial charge in [-0.05, 0) is 37.3 Å². The quantitative estimate of drug-likeness (QED) is 0.622. The van der Waals surface area contributed by atoms with E-state index in [4.69, 9.17) is 32.7 Å². The van der Waals surface area contributed by atoms with Crippen molar-refractivity contribution in [1.82, 2.24) is 9.29 Å². The number of aromatic nitrogens is 1. The fraction of sp³-hybridized carbons (Fsp3) is 0.316. The molecule has 0 bridgehead atoms. The molecule has 1 aromatic heterocycles. The molecule has 1 aliphatic heterocycles. The molecule has 1 unspecified atom stereocenters. The third kappa shape index (κ3) is 5.72. The third-order valence-electron chi connectivity index (χ3n) is 4.40. The average Bonchev–Trinajstić information content (AvgIpc) is 2.76. The van der Waals surface area contributed by atoms with Crippen LogP contribution in [0.25, 0.3) is 0 Å². The number of esters is 1. The van der Waals surface area contributed by atoms with Crippen LogP contribution in [0.2, 0.25) is 10.0 Å². The molecule has 1 aromatic carbocycles.